The van der Waals surface area contributed by atoms with Crippen LogP contribution in [0.15, 0.2) is 0 Å². The van der Waals surface area contributed by atoms with Crippen molar-refractivity contribution >= 4 is 23.0 Å². The molecule has 0 aromatic heterocycles. The van der Waals surface area contributed by atoms with E-state index in [4.69, 9.17) is 5.11 Å². The van der Waals surface area contributed by atoms with Crippen LogP contribution < -0.4 is 0 Å². The predicted molar refractivity (Wildman–Crippen MR) is 22.2 cm³/mol. The smallest absolute Gasteiger partial charge is 0.154 e. The number of aliphatic hydroxyl groups is 1. The molecule has 26 valence electrons. The van der Waals surface area contributed by atoms with Gasteiger partial charge in [-0.2, -0.15) is 0 Å². The van der Waals surface area contributed by atoms with Gasteiger partial charge in [0.15, 0.2) is 6.79 Å². The minimum absolute atomic E-state index is 0.194. The third kappa shape index (κ3) is 2.65. The normalized spacial score (nSPS) is 7.50. The lowest BCUT2D eigenvalue weighted by molar-refractivity contribution is 0.142. The Morgan fingerprint density at radius 3 is 2.25 bits per heavy atom. The fourth-order valence-corrected chi connectivity index (χ4v) is 0. The maximum atomic E-state index is 7.65. The highest BCUT2D eigenvalue weighted by atomic mass is 127. The topological polar surface area (TPSA) is 29.5 Å². The van der Waals surface area contributed by atoms with Crippen LogP contribution in [0.1, 0.15) is 0 Å². The Labute approximate surface area is 38.5 Å². The van der Waals surface area contributed by atoms with Crippen molar-refractivity contribution in [3.05, 3.63) is 0 Å². The second-order valence-electron chi connectivity index (χ2n) is 0.238. The molecule has 0 aromatic rings. The lowest BCUT2D eigenvalue weighted by Gasteiger charge is -1.72. The molecule has 0 amide bonds. The quantitative estimate of drug-likeness (QED) is 0.457. The Morgan fingerprint density at radius 2 is 2.25 bits per heavy atom. The molecule has 4 heavy (non-hydrogen) atoms. The van der Waals surface area contributed by atoms with E-state index in [2.05, 4.69) is 3.07 Å². The minimum Gasteiger partial charge on any atom is -0.370 e. The van der Waals surface area contributed by atoms with Crippen LogP contribution in [0.2, 0.25) is 0 Å². The van der Waals surface area contributed by atoms with E-state index >= 15 is 0 Å². The van der Waals surface area contributed by atoms with Gasteiger partial charge in [-0.15, -0.1) is 0 Å². The Kier molecular flexibility index (Phi) is 4.24. The molecule has 2 nitrogen and oxygen atoms in total. The van der Waals surface area contributed by atoms with Crippen molar-refractivity contribution in [2.24, 2.45) is 0 Å². The third-order valence-electron chi connectivity index (χ3n) is 0.0488. The van der Waals surface area contributed by atoms with Crippen molar-refractivity contribution in [3.8, 4) is 0 Å². The van der Waals surface area contributed by atoms with Crippen molar-refractivity contribution in [1.82, 2.24) is 0 Å². The van der Waals surface area contributed by atoms with Gasteiger partial charge in [-0.3, -0.25) is 3.07 Å². The molecule has 0 aliphatic heterocycles. The molecule has 0 bridgehead atoms. The molecule has 0 atom stereocenters. The summed E-state index contributed by atoms with van der Waals surface area (Å²) in [5, 5.41) is 7.65. The first-order valence-electron chi connectivity index (χ1n) is 0.759. The number of aliphatic hydroxyl groups excluding tert-OH is 1. The van der Waals surface area contributed by atoms with Crippen LogP contribution in [-0.4, -0.2) is 11.9 Å². The van der Waals surface area contributed by atoms with Crippen LogP contribution in [0.3, 0.4) is 0 Å². The Morgan fingerprint density at radius 1 is 2.00 bits per heavy atom. The molecule has 0 rings (SSSR count). The lowest BCUT2D eigenvalue weighted by Crippen LogP contribution is -1.71. The number of rotatable bonds is 1. The van der Waals surface area contributed by atoms with E-state index in [1.54, 1.807) is 23.0 Å². The van der Waals surface area contributed by atoms with Gasteiger partial charge in [-0.05, 0) is 0 Å². The van der Waals surface area contributed by atoms with E-state index in [1.165, 1.54) is 0 Å². The predicted octanol–water partition coefficient (Wildman–Crippen LogP) is 0.303. The summed E-state index contributed by atoms with van der Waals surface area (Å²) in [6, 6.07) is 0. The molecule has 0 aliphatic rings. The van der Waals surface area contributed by atoms with Gasteiger partial charge in [0.05, 0.1) is 0 Å². The van der Waals surface area contributed by atoms with Crippen LogP contribution in [0.5, 0.6) is 0 Å². The molecule has 0 heterocycles. The van der Waals surface area contributed by atoms with Gasteiger partial charge in [-0.25, -0.2) is 0 Å². The van der Waals surface area contributed by atoms with Crippen LogP contribution >= 0.6 is 23.0 Å². The monoisotopic (exact) mass is 174 g/mol. The van der Waals surface area contributed by atoms with Gasteiger partial charge in [0.2, 0.25) is 0 Å². The number of halogens is 1. The summed E-state index contributed by atoms with van der Waals surface area (Å²) < 4.78 is 4.07. The zero-order chi connectivity index (χ0) is 3.41. The molecule has 0 aliphatic carbocycles. The van der Waals surface area contributed by atoms with Crippen LogP contribution in [0.25, 0.3) is 0 Å². The van der Waals surface area contributed by atoms with Gasteiger partial charge >= 0.3 is 0 Å². The first-order valence-corrected chi connectivity index (χ1v) is 1.64. The molecular weight excluding hydrogens is 171 g/mol. The summed E-state index contributed by atoms with van der Waals surface area (Å²) in [6.07, 6.45) is 0. The van der Waals surface area contributed by atoms with E-state index in [9.17, 15) is 0 Å². The van der Waals surface area contributed by atoms with Crippen molar-refractivity contribution in [3.63, 3.8) is 0 Å². The van der Waals surface area contributed by atoms with Gasteiger partial charge < -0.3 is 5.11 Å². The largest absolute Gasteiger partial charge is 0.370 e. The fraction of sp³-hybridized carbons (Fsp3) is 1.00. The molecule has 0 saturated carbocycles. The van der Waals surface area contributed by atoms with Gasteiger partial charge in [0.25, 0.3) is 0 Å². The number of hydrogen-bond donors (Lipinski definition) is 1. The zero-order valence-corrected chi connectivity index (χ0v) is 4.10. The standard InChI is InChI=1S/CH3IO2/c2-4-1-3/h3H,1H2. The summed E-state index contributed by atoms with van der Waals surface area (Å²) >= 11 is 1.60. The van der Waals surface area contributed by atoms with Crippen molar-refractivity contribution in [2.45, 2.75) is 0 Å². The first-order chi connectivity index (χ1) is 1.91. The molecule has 1 N–H and O–H groups in total. The van der Waals surface area contributed by atoms with Gasteiger partial charge in [0.1, 0.15) is 23.0 Å². The molecule has 0 unspecified atom stereocenters. The molecule has 3 heteroatoms. The summed E-state index contributed by atoms with van der Waals surface area (Å²) in [7, 11) is 0. The zero-order valence-electron chi connectivity index (χ0n) is 1.94. The van der Waals surface area contributed by atoms with Crippen molar-refractivity contribution in [1.29, 1.82) is 0 Å². The Bertz CT molecular complexity index is 8.00. The third-order valence-corrected chi connectivity index (χ3v) is 0.327. The summed E-state index contributed by atoms with van der Waals surface area (Å²) in [5.41, 5.74) is 0. The minimum atomic E-state index is -0.194. The van der Waals surface area contributed by atoms with Crippen molar-refractivity contribution < 1.29 is 8.17 Å². The molecular formula is CH3IO2. The lowest BCUT2D eigenvalue weighted by atomic mass is 11.6. The van der Waals surface area contributed by atoms with Gasteiger partial charge in [0, 0.05) is 0 Å². The molecule has 0 radical (unpaired) electrons. The second-order valence-corrected chi connectivity index (χ2v) is 0.861. The van der Waals surface area contributed by atoms with Gasteiger partial charge in [-0.1, -0.05) is 0 Å². The molecule has 0 spiro atoms. The SMILES string of the molecule is OCOI. The van der Waals surface area contributed by atoms with E-state index < -0.39 is 0 Å². The maximum absolute atomic E-state index is 7.65. The van der Waals surface area contributed by atoms with E-state index in [-0.39, 0.29) is 6.79 Å². The van der Waals surface area contributed by atoms with Crippen LogP contribution in [0, 0.1) is 0 Å². The van der Waals surface area contributed by atoms with Crippen molar-refractivity contribution in [2.75, 3.05) is 6.79 Å². The summed E-state index contributed by atoms with van der Waals surface area (Å²) in [4.78, 5) is 0. The second kappa shape index (κ2) is 3.65. The van der Waals surface area contributed by atoms with Crippen LogP contribution in [0.4, 0.5) is 0 Å². The maximum Gasteiger partial charge on any atom is 0.154 e. The number of hydrogen-bond acceptors (Lipinski definition) is 2. The summed E-state index contributed by atoms with van der Waals surface area (Å²) in [6.45, 7) is -0.194. The van der Waals surface area contributed by atoms with E-state index in [1.807, 2.05) is 0 Å². The van der Waals surface area contributed by atoms with E-state index in [0.717, 1.165) is 0 Å². The Balaban J connectivity index is 1.97. The highest BCUT2D eigenvalue weighted by molar-refractivity contribution is 14.1. The molecule has 0 aromatic carbocycles. The average molecular weight is 174 g/mol. The fourth-order valence-electron chi connectivity index (χ4n) is 0. The van der Waals surface area contributed by atoms with Crippen LogP contribution in [-0.2, 0) is 3.07 Å². The highest BCUT2D eigenvalue weighted by Crippen LogP contribution is 1.76. The van der Waals surface area contributed by atoms with E-state index in [0.29, 0.717) is 0 Å². The average Bonchev–Trinajstić information content (AvgIpc) is 1.37. The summed E-state index contributed by atoms with van der Waals surface area (Å²) in [5.74, 6) is 0. The molecule has 0 saturated heterocycles. The first kappa shape index (κ1) is 4.65. The highest BCUT2D eigenvalue weighted by Gasteiger charge is 1.55. The molecule has 0 fully saturated rings. The Hall–Kier alpha value is 0.650.